The van der Waals surface area contributed by atoms with Crippen molar-refractivity contribution in [1.29, 1.82) is 0 Å². The van der Waals surface area contributed by atoms with Crippen LogP contribution < -0.4 is 11.2 Å². The van der Waals surface area contributed by atoms with Gasteiger partial charge >= 0.3 is 20.0 Å². The summed E-state index contributed by atoms with van der Waals surface area (Å²) in [5, 5.41) is 0. The monoisotopic (exact) mass is 506 g/mol. The van der Waals surface area contributed by atoms with Crippen molar-refractivity contribution in [2.45, 2.75) is 55.7 Å². The van der Waals surface area contributed by atoms with Gasteiger partial charge in [-0.25, -0.2) is 4.79 Å². The maximum Gasteiger partial charge on any atom is 0.338 e. The van der Waals surface area contributed by atoms with Crippen LogP contribution in [0.15, 0.2) is 21.9 Å². The van der Waals surface area contributed by atoms with Gasteiger partial charge in [0.1, 0.15) is 22.6 Å². The molecule has 1 aliphatic heterocycles. The van der Waals surface area contributed by atoms with Crippen molar-refractivity contribution < 1.29 is 37.8 Å². The van der Waals surface area contributed by atoms with Crippen LogP contribution in [-0.2, 0) is 34.9 Å². The second kappa shape index (κ2) is 10.1. The van der Waals surface area contributed by atoms with Crippen molar-refractivity contribution >= 4 is 37.9 Å². The van der Waals surface area contributed by atoms with Gasteiger partial charge in [-0.15, -0.1) is 11.8 Å². The number of aromatic nitrogens is 2. The van der Waals surface area contributed by atoms with Crippen molar-refractivity contribution in [1.82, 2.24) is 9.55 Å². The molecule has 1 saturated heterocycles. The standard InChI is InChI=1S/C14H24N2O10P2S2/c1-7(2)25-28(22,29)26-11-10(23-4)12(16-6-5-9(17)15-14(16)18)24-13(11)30-8(3)27(19,20)21/h5-8,10-13H,1-4H3,(H,22,29)(H,15,17,18)(H2,19,20,21)/t8?,10?,11?,12-,13-,28?/m1/s1. The molecule has 0 bridgehead atoms. The zero-order valence-corrected chi connectivity index (χ0v) is 19.9. The Hall–Kier alpha value is -0.370. The zero-order valence-electron chi connectivity index (χ0n) is 16.5. The Morgan fingerprint density at radius 1 is 1.27 bits per heavy atom. The van der Waals surface area contributed by atoms with Gasteiger partial charge in [-0.1, -0.05) is 0 Å². The molecule has 4 unspecified atom stereocenters. The molecule has 172 valence electrons. The van der Waals surface area contributed by atoms with Gasteiger partial charge in [0.15, 0.2) is 6.23 Å². The molecule has 1 fully saturated rings. The van der Waals surface area contributed by atoms with Crippen molar-refractivity contribution in [3.05, 3.63) is 33.1 Å². The highest BCUT2D eigenvalue weighted by molar-refractivity contribution is 8.07. The number of ether oxygens (including phenoxy) is 2. The molecule has 0 radical (unpaired) electrons. The Morgan fingerprint density at radius 3 is 2.40 bits per heavy atom. The molecule has 0 aliphatic carbocycles. The molecule has 4 N–H and O–H groups in total. The van der Waals surface area contributed by atoms with E-state index in [1.165, 1.54) is 20.2 Å². The lowest BCUT2D eigenvalue weighted by atomic mass is 10.2. The molecule has 2 rings (SSSR count). The number of H-pyrrole nitrogens is 1. The van der Waals surface area contributed by atoms with Crippen LogP contribution >= 0.6 is 26.1 Å². The molecule has 0 spiro atoms. The van der Waals surface area contributed by atoms with E-state index in [2.05, 4.69) is 4.98 Å². The smallest absolute Gasteiger partial charge is 0.338 e. The van der Waals surface area contributed by atoms with E-state index in [-0.39, 0.29) is 0 Å². The Morgan fingerprint density at radius 2 is 1.90 bits per heavy atom. The quantitative estimate of drug-likeness (QED) is 0.346. The summed E-state index contributed by atoms with van der Waals surface area (Å²) in [6.07, 6.45) is -2.58. The third-order valence-electron chi connectivity index (χ3n) is 3.95. The van der Waals surface area contributed by atoms with Gasteiger partial charge in [0.25, 0.3) is 5.56 Å². The predicted molar refractivity (Wildman–Crippen MR) is 113 cm³/mol. The van der Waals surface area contributed by atoms with Gasteiger partial charge in [-0.3, -0.25) is 23.4 Å². The van der Waals surface area contributed by atoms with Crippen LogP contribution in [-0.4, -0.2) is 60.1 Å². The number of aromatic amines is 1. The summed E-state index contributed by atoms with van der Waals surface area (Å²) in [5.74, 6) is 0. The van der Waals surface area contributed by atoms with E-state index in [1.807, 2.05) is 0 Å². The van der Waals surface area contributed by atoms with Gasteiger partial charge in [-0.05, 0) is 32.6 Å². The average Bonchev–Trinajstić information content (AvgIpc) is 2.89. The van der Waals surface area contributed by atoms with Gasteiger partial charge in [0.2, 0.25) is 0 Å². The highest BCUT2D eigenvalue weighted by atomic mass is 32.5. The lowest BCUT2D eigenvalue weighted by Gasteiger charge is -2.28. The van der Waals surface area contributed by atoms with E-state index >= 15 is 0 Å². The normalized spacial score (nSPS) is 27.9. The molecular formula is C14H24N2O10P2S2. The highest BCUT2D eigenvalue weighted by Crippen LogP contribution is 2.55. The van der Waals surface area contributed by atoms with E-state index in [1.54, 1.807) is 13.8 Å². The lowest BCUT2D eigenvalue weighted by molar-refractivity contribution is -0.0459. The summed E-state index contributed by atoms with van der Waals surface area (Å²) in [5.41, 5.74) is -2.50. The Kier molecular flexibility index (Phi) is 8.67. The number of nitrogens with one attached hydrogen (secondary N) is 1. The first-order valence-corrected chi connectivity index (χ1v) is 13.9. The number of rotatable bonds is 9. The largest absolute Gasteiger partial charge is 0.374 e. The molecule has 6 atom stereocenters. The summed E-state index contributed by atoms with van der Waals surface area (Å²) in [6.45, 7) is 0.798. The summed E-state index contributed by atoms with van der Waals surface area (Å²) in [4.78, 5) is 53.8. The fourth-order valence-corrected chi connectivity index (χ4v) is 6.59. The minimum atomic E-state index is -4.49. The van der Waals surface area contributed by atoms with Crippen molar-refractivity contribution in [3.63, 3.8) is 0 Å². The predicted octanol–water partition coefficient (Wildman–Crippen LogP) is 0.690. The van der Waals surface area contributed by atoms with Gasteiger partial charge in [-0.2, -0.15) is 0 Å². The summed E-state index contributed by atoms with van der Waals surface area (Å²) >= 11 is 5.76. The minimum Gasteiger partial charge on any atom is -0.374 e. The van der Waals surface area contributed by atoms with Crippen LogP contribution in [0.4, 0.5) is 0 Å². The highest BCUT2D eigenvalue weighted by Gasteiger charge is 2.51. The number of hydrogen-bond acceptors (Lipinski definition) is 9. The fourth-order valence-electron chi connectivity index (χ4n) is 2.65. The number of nitrogens with zero attached hydrogens (tertiary/aromatic N) is 1. The molecule has 1 aliphatic rings. The van der Waals surface area contributed by atoms with Crippen molar-refractivity contribution in [2.24, 2.45) is 0 Å². The van der Waals surface area contributed by atoms with E-state index < -0.39 is 60.5 Å². The Labute approximate surface area is 181 Å². The molecule has 0 amide bonds. The molecule has 0 aromatic carbocycles. The maximum absolute atomic E-state index is 12.2. The third kappa shape index (κ3) is 6.57. The molecule has 0 saturated carbocycles. The lowest BCUT2D eigenvalue weighted by Crippen LogP contribution is -2.39. The van der Waals surface area contributed by atoms with E-state index in [0.717, 1.165) is 22.4 Å². The van der Waals surface area contributed by atoms with Gasteiger partial charge < -0.3 is 28.7 Å². The summed E-state index contributed by atoms with van der Waals surface area (Å²) < 4.78 is 34.8. The van der Waals surface area contributed by atoms with Crippen LogP contribution in [0.2, 0.25) is 0 Å². The van der Waals surface area contributed by atoms with Crippen LogP contribution in [0.3, 0.4) is 0 Å². The van der Waals surface area contributed by atoms with Crippen LogP contribution in [0.1, 0.15) is 27.0 Å². The third-order valence-corrected chi connectivity index (χ3v) is 8.84. The molecule has 1 aromatic heterocycles. The van der Waals surface area contributed by atoms with Crippen molar-refractivity contribution in [2.75, 3.05) is 7.11 Å². The first-order chi connectivity index (χ1) is 13.7. The minimum absolute atomic E-state index is 0.457. The first-order valence-electron chi connectivity index (χ1n) is 8.65. The van der Waals surface area contributed by atoms with E-state index in [0.29, 0.717) is 0 Å². The number of methoxy groups -OCH3 is 1. The van der Waals surface area contributed by atoms with Crippen LogP contribution in [0.25, 0.3) is 0 Å². The van der Waals surface area contributed by atoms with Crippen LogP contribution in [0.5, 0.6) is 0 Å². The van der Waals surface area contributed by atoms with Crippen LogP contribution in [0, 0.1) is 0 Å². The van der Waals surface area contributed by atoms with Gasteiger partial charge in [0, 0.05) is 19.4 Å². The van der Waals surface area contributed by atoms with E-state index in [9.17, 15) is 28.8 Å². The second-order valence-corrected chi connectivity index (χ2v) is 13.1. The van der Waals surface area contributed by atoms with E-state index in [4.69, 9.17) is 30.3 Å². The molecule has 2 heterocycles. The SMILES string of the molecule is COC1C(OP(O)(=S)OC(C)C)[C@@H](SC(C)P(=O)(O)O)O[C@H]1n1ccc(=O)[nH]c1=O. The topological polar surface area (TPSA) is 170 Å². The molecular weight excluding hydrogens is 482 g/mol. The summed E-state index contributed by atoms with van der Waals surface area (Å²) in [7, 11) is -3.18. The first kappa shape index (κ1) is 25.9. The number of thioether (sulfide) groups is 1. The Balaban J connectivity index is 2.43. The number of hydrogen-bond donors (Lipinski definition) is 4. The molecule has 16 heteroatoms. The molecule has 30 heavy (non-hydrogen) atoms. The van der Waals surface area contributed by atoms with Gasteiger partial charge in [0.05, 0.1) is 6.10 Å². The van der Waals surface area contributed by atoms with Crippen molar-refractivity contribution in [3.8, 4) is 0 Å². The second-order valence-electron chi connectivity index (χ2n) is 6.63. The molecule has 12 nitrogen and oxygen atoms in total. The fraction of sp³-hybridized carbons (Fsp3) is 0.714. The average molecular weight is 506 g/mol. The maximum atomic E-state index is 12.2. The Bertz CT molecular complexity index is 947. The summed E-state index contributed by atoms with van der Waals surface area (Å²) in [6, 6.07) is 1.10. The zero-order chi connectivity index (χ0) is 22.9. The molecule has 1 aromatic rings.